The summed E-state index contributed by atoms with van der Waals surface area (Å²) in [5.74, 6) is -0.871. The van der Waals surface area contributed by atoms with Crippen LogP contribution in [-0.4, -0.2) is 33.3 Å². The largest absolute Gasteiger partial charge is 0.387 e. The summed E-state index contributed by atoms with van der Waals surface area (Å²) in [6.45, 7) is 1.59. The fourth-order valence-corrected chi connectivity index (χ4v) is 3.50. The molecule has 0 bridgehead atoms. The van der Waals surface area contributed by atoms with Crippen LogP contribution in [0.15, 0.2) is 48.5 Å². The number of hydrogen-bond donors (Lipinski definition) is 1. The Morgan fingerprint density at radius 1 is 1.08 bits per heavy atom. The average molecular weight is 367 g/mol. The van der Waals surface area contributed by atoms with Crippen molar-refractivity contribution in [2.45, 2.75) is 13.0 Å². The number of aliphatic hydroxyl groups excluding tert-OH is 1. The normalized spacial score (nSPS) is 14.8. The Kier molecular flexibility index (Phi) is 3.98. The van der Waals surface area contributed by atoms with E-state index < -0.39 is 17.9 Å². The van der Waals surface area contributed by atoms with Gasteiger partial charge in [0.25, 0.3) is 11.8 Å². The third-order valence-corrected chi connectivity index (χ3v) is 4.82. The summed E-state index contributed by atoms with van der Waals surface area (Å²) in [4.78, 5) is 31.3. The molecule has 3 aromatic rings. The zero-order chi connectivity index (χ0) is 18.4. The molecule has 0 aliphatic carbocycles. The number of hydrogen-bond acceptors (Lipinski definition) is 4. The molecule has 0 saturated heterocycles. The summed E-state index contributed by atoms with van der Waals surface area (Å²) in [5.41, 5.74) is 2.33. The van der Waals surface area contributed by atoms with Crippen LogP contribution in [0.5, 0.6) is 0 Å². The van der Waals surface area contributed by atoms with Gasteiger partial charge in [-0.3, -0.25) is 19.5 Å². The number of rotatable bonds is 3. The first-order valence-electron chi connectivity index (χ1n) is 8.16. The Labute approximate surface area is 154 Å². The molecule has 1 unspecified atom stereocenters. The van der Waals surface area contributed by atoms with Crippen molar-refractivity contribution in [3.8, 4) is 0 Å². The van der Waals surface area contributed by atoms with Crippen LogP contribution in [0, 0.1) is 6.92 Å². The van der Waals surface area contributed by atoms with Crippen LogP contribution in [0.1, 0.15) is 38.1 Å². The molecule has 6 heteroatoms. The summed E-state index contributed by atoms with van der Waals surface area (Å²) < 4.78 is 0. The molecule has 4 rings (SSSR count). The highest BCUT2D eigenvalue weighted by Crippen LogP contribution is 2.33. The molecular weight excluding hydrogens is 352 g/mol. The van der Waals surface area contributed by atoms with Crippen LogP contribution < -0.4 is 0 Å². The van der Waals surface area contributed by atoms with Gasteiger partial charge < -0.3 is 5.11 Å². The standard InChI is InChI=1S/C20H15ClN2O3/c1-11-17-18(14-9-13(21)7-8-15(14)22-11)20(26)23(19(17)25)10-16(24)12-5-3-2-4-6-12/h2-9,16,24H,10H2,1H3. The van der Waals surface area contributed by atoms with Gasteiger partial charge in [-0.2, -0.15) is 0 Å². The SMILES string of the molecule is Cc1nc2ccc(Cl)cc2c2c1C(=O)N(CC(O)c1ccccc1)C2=O. The summed E-state index contributed by atoms with van der Waals surface area (Å²) >= 11 is 6.07. The van der Waals surface area contributed by atoms with Gasteiger partial charge in [-0.15, -0.1) is 0 Å². The monoisotopic (exact) mass is 366 g/mol. The first-order valence-corrected chi connectivity index (χ1v) is 8.54. The minimum atomic E-state index is -0.957. The van der Waals surface area contributed by atoms with E-state index in [9.17, 15) is 14.7 Å². The van der Waals surface area contributed by atoms with Gasteiger partial charge in [-0.1, -0.05) is 41.9 Å². The van der Waals surface area contributed by atoms with Gasteiger partial charge in [0, 0.05) is 10.4 Å². The van der Waals surface area contributed by atoms with Crippen LogP contribution in [0.25, 0.3) is 10.9 Å². The van der Waals surface area contributed by atoms with Crippen molar-refractivity contribution < 1.29 is 14.7 Å². The predicted octanol–water partition coefficient (Wildman–Crippen LogP) is 3.53. The van der Waals surface area contributed by atoms with Crippen LogP contribution in [0.2, 0.25) is 5.02 Å². The van der Waals surface area contributed by atoms with Crippen LogP contribution in [-0.2, 0) is 0 Å². The molecule has 1 aliphatic rings. The number of aliphatic hydroxyl groups is 1. The Morgan fingerprint density at radius 2 is 1.77 bits per heavy atom. The molecule has 1 atom stereocenters. The molecule has 0 radical (unpaired) electrons. The van der Waals surface area contributed by atoms with Crippen molar-refractivity contribution in [2.75, 3.05) is 6.54 Å². The van der Waals surface area contributed by atoms with Crippen molar-refractivity contribution in [2.24, 2.45) is 0 Å². The molecule has 2 amide bonds. The number of β-amino-alcohol motifs (C(OH)–C–C–N with tert-alkyl or cyclic N) is 1. The van der Waals surface area contributed by atoms with Crippen LogP contribution in [0.3, 0.4) is 0 Å². The third-order valence-electron chi connectivity index (χ3n) is 4.59. The molecule has 0 spiro atoms. The zero-order valence-electron chi connectivity index (χ0n) is 13.9. The minimum absolute atomic E-state index is 0.113. The molecule has 0 fully saturated rings. The molecule has 1 aromatic heterocycles. The van der Waals surface area contributed by atoms with E-state index in [0.717, 1.165) is 4.90 Å². The maximum Gasteiger partial charge on any atom is 0.263 e. The summed E-state index contributed by atoms with van der Waals surface area (Å²) in [5, 5.41) is 11.5. The fraction of sp³-hybridized carbons (Fsp3) is 0.150. The van der Waals surface area contributed by atoms with Crippen molar-refractivity contribution >= 4 is 34.3 Å². The summed E-state index contributed by atoms with van der Waals surface area (Å²) in [6.07, 6.45) is -0.957. The molecule has 5 nitrogen and oxygen atoms in total. The predicted molar refractivity (Wildman–Crippen MR) is 98.3 cm³/mol. The van der Waals surface area contributed by atoms with Gasteiger partial charge in [0.05, 0.1) is 35.0 Å². The Morgan fingerprint density at radius 3 is 2.50 bits per heavy atom. The first kappa shape index (κ1) is 16.7. The lowest BCUT2D eigenvalue weighted by molar-refractivity contribution is 0.0543. The number of carbonyl (C=O) groups is 2. The van der Waals surface area contributed by atoms with E-state index in [1.807, 2.05) is 6.07 Å². The number of halogens is 1. The molecule has 2 heterocycles. The van der Waals surface area contributed by atoms with E-state index in [-0.39, 0.29) is 12.1 Å². The minimum Gasteiger partial charge on any atom is -0.387 e. The van der Waals surface area contributed by atoms with Crippen molar-refractivity contribution in [3.63, 3.8) is 0 Å². The highest BCUT2D eigenvalue weighted by molar-refractivity contribution is 6.32. The van der Waals surface area contributed by atoms with E-state index in [0.29, 0.717) is 32.7 Å². The zero-order valence-corrected chi connectivity index (χ0v) is 14.7. The number of amides is 2. The highest BCUT2D eigenvalue weighted by Gasteiger charge is 2.40. The number of pyridine rings is 1. The number of imide groups is 1. The van der Waals surface area contributed by atoms with Gasteiger partial charge in [0.2, 0.25) is 0 Å². The molecule has 2 aromatic carbocycles. The van der Waals surface area contributed by atoms with Gasteiger partial charge in [-0.05, 0) is 30.7 Å². The van der Waals surface area contributed by atoms with Gasteiger partial charge in [-0.25, -0.2) is 0 Å². The van der Waals surface area contributed by atoms with Crippen molar-refractivity contribution in [1.29, 1.82) is 0 Å². The van der Waals surface area contributed by atoms with Crippen molar-refractivity contribution in [3.05, 3.63) is 75.9 Å². The molecular formula is C20H15ClN2O3. The fourth-order valence-electron chi connectivity index (χ4n) is 3.32. The summed E-state index contributed by atoms with van der Waals surface area (Å²) in [7, 11) is 0. The maximum atomic E-state index is 13.0. The highest BCUT2D eigenvalue weighted by atomic mass is 35.5. The number of benzene rings is 2. The lowest BCUT2D eigenvalue weighted by Gasteiger charge is -2.18. The van der Waals surface area contributed by atoms with E-state index in [4.69, 9.17) is 11.6 Å². The Hall–Kier alpha value is -2.76. The molecule has 1 N–H and O–H groups in total. The Balaban J connectivity index is 1.77. The van der Waals surface area contributed by atoms with Gasteiger partial charge in [0.1, 0.15) is 0 Å². The smallest absolute Gasteiger partial charge is 0.263 e. The lowest BCUT2D eigenvalue weighted by Crippen LogP contribution is -2.34. The second-order valence-electron chi connectivity index (χ2n) is 6.26. The number of fused-ring (bicyclic) bond motifs is 3. The number of aryl methyl sites for hydroxylation is 1. The molecule has 1 aliphatic heterocycles. The maximum absolute atomic E-state index is 13.0. The molecule has 0 saturated carbocycles. The second kappa shape index (κ2) is 6.20. The Bertz CT molecular complexity index is 1050. The average Bonchev–Trinajstić information content (AvgIpc) is 2.89. The lowest BCUT2D eigenvalue weighted by atomic mass is 10.0. The number of nitrogens with zero attached hydrogens (tertiary/aromatic N) is 2. The van der Waals surface area contributed by atoms with Gasteiger partial charge >= 0.3 is 0 Å². The molecule has 26 heavy (non-hydrogen) atoms. The van der Waals surface area contributed by atoms with Crippen LogP contribution in [0.4, 0.5) is 0 Å². The third kappa shape index (κ3) is 2.57. The van der Waals surface area contributed by atoms with E-state index >= 15 is 0 Å². The van der Waals surface area contributed by atoms with Gasteiger partial charge in [0.15, 0.2) is 0 Å². The number of carbonyl (C=O) groups excluding carboxylic acids is 2. The number of aromatic nitrogens is 1. The van der Waals surface area contributed by atoms with E-state index in [2.05, 4.69) is 4.98 Å². The summed E-state index contributed by atoms with van der Waals surface area (Å²) in [6, 6.07) is 14.0. The molecule has 130 valence electrons. The first-order chi connectivity index (χ1) is 12.5. The second-order valence-corrected chi connectivity index (χ2v) is 6.69. The van der Waals surface area contributed by atoms with Crippen molar-refractivity contribution in [1.82, 2.24) is 9.88 Å². The van der Waals surface area contributed by atoms with E-state index in [1.165, 1.54) is 0 Å². The topological polar surface area (TPSA) is 70.5 Å². The quantitative estimate of drug-likeness (QED) is 0.720. The van der Waals surface area contributed by atoms with E-state index in [1.54, 1.807) is 49.4 Å². The van der Waals surface area contributed by atoms with Crippen LogP contribution >= 0.6 is 11.6 Å².